The molecule has 0 saturated carbocycles. The van der Waals surface area contributed by atoms with Crippen LogP contribution >= 0.6 is 0 Å². The number of nitrogens with zero attached hydrogens (tertiary/aromatic N) is 3. The summed E-state index contributed by atoms with van der Waals surface area (Å²) in [5, 5.41) is 13.9. The molecule has 218 valence electrons. The first kappa shape index (κ1) is 27.8. The van der Waals surface area contributed by atoms with Gasteiger partial charge in [-0.25, -0.2) is 9.69 Å². The number of hydrogen-bond donors (Lipinski definition) is 1. The third kappa shape index (κ3) is 4.82. The number of nitrogens with one attached hydrogen (secondary N) is 1. The zero-order chi connectivity index (χ0) is 30.2. The van der Waals surface area contributed by atoms with Crippen LogP contribution in [0.2, 0.25) is 0 Å². The van der Waals surface area contributed by atoms with Crippen LogP contribution in [0.3, 0.4) is 0 Å². The number of unbranched alkanes of at least 4 members (excludes halogenated alkanes) is 1. The van der Waals surface area contributed by atoms with E-state index in [0.29, 0.717) is 23.5 Å². The summed E-state index contributed by atoms with van der Waals surface area (Å²) in [7, 11) is 0. The number of benzene rings is 3. The topological polar surface area (TPSA) is 139 Å². The number of nitro benzene ring substituents is 1. The molecule has 3 aliphatic heterocycles. The standard InChI is InChI=1S/C32H28N4O7/c1-2-3-18-43-32(40)20-8-13-22(14-9-20)34-30(38)26-25-17-10-19-6-4-5-7-24(19)35(25)28(27(26)31(34)39)29(37)33-21-11-15-23(16-12-21)36(41)42/h4-17,25-28H,2-3,18H2,1H3,(H,33,37)/t25-,26-,27-,28+/m1/s1. The van der Waals surface area contributed by atoms with Crippen molar-refractivity contribution in [1.82, 2.24) is 0 Å². The van der Waals surface area contributed by atoms with Crippen molar-refractivity contribution in [3.63, 3.8) is 0 Å². The number of carbonyl (C=O) groups is 4. The average Bonchev–Trinajstić information content (AvgIpc) is 3.50. The highest BCUT2D eigenvalue weighted by Crippen LogP contribution is 2.49. The molecule has 0 bridgehead atoms. The van der Waals surface area contributed by atoms with E-state index in [1.54, 1.807) is 0 Å². The molecule has 3 aliphatic rings. The van der Waals surface area contributed by atoms with Crippen LogP contribution in [0.15, 0.2) is 78.9 Å². The first-order chi connectivity index (χ1) is 20.8. The van der Waals surface area contributed by atoms with E-state index in [4.69, 9.17) is 4.74 Å². The van der Waals surface area contributed by atoms with Gasteiger partial charge >= 0.3 is 5.97 Å². The minimum Gasteiger partial charge on any atom is -0.462 e. The van der Waals surface area contributed by atoms with Crippen molar-refractivity contribution in [1.29, 1.82) is 0 Å². The van der Waals surface area contributed by atoms with E-state index in [0.717, 1.165) is 29.0 Å². The van der Waals surface area contributed by atoms with Gasteiger partial charge in [-0.05, 0) is 54.4 Å². The molecule has 43 heavy (non-hydrogen) atoms. The van der Waals surface area contributed by atoms with Crippen molar-refractivity contribution in [2.45, 2.75) is 31.8 Å². The third-order valence-electron chi connectivity index (χ3n) is 8.12. The van der Waals surface area contributed by atoms with Crippen molar-refractivity contribution in [3.05, 3.63) is 100 Å². The van der Waals surface area contributed by atoms with Gasteiger partial charge in [0.05, 0.1) is 40.7 Å². The Labute approximate surface area is 246 Å². The van der Waals surface area contributed by atoms with Gasteiger partial charge < -0.3 is 15.0 Å². The van der Waals surface area contributed by atoms with E-state index in [1.807, 2.05) is 48.2 Å². The van der Waals surface area contributed by atoms with Gasteiger partial charge in [-0.15, -0.1) is 0 Å². The lowest BCUT2D eigenvalue weighted by atomic mass is 9.88. The second kappa shape index (κ2) is 11.2. The van der Waals surface area contributed by atoms with Gasteiger partial charge in [0, 0.05) is 23.5 Å². The predicted octanol–water partition coefficient (Wildman–Crippen LogP) is 4.58. The molecule has 3 aromatic carbocycles. The van der Waals surface area contributed by atoms with E-state index in [-0.39, 0.29) is 5.69 Å². The summed E-state index contributed by atoms with van der Waals surface area (Å²) < 4.78 is 5.25. The lowest BCUT2D eigenvalue weighted by molar-refractivity contribution is -0.384. The van der Waals surface area contributed by atoms with Crippen molar-refractivity contribution in [3.8, 4) is 0 Å². The van der Waals surface area contributed by atoms with Gasteiger partial charge in [0.1, 0.15) is 6.04 Å². The van der Waals surface area contributed by atoms with E-state index in [1.165, 1.54) is 48.5 Å². The lowest BCUT2D eigenvalue weighted by Gasteiger charge is -2.36. The Morgan fingerprint density at radius 1 is 0.953 bits per heavy atom. The molecule has 0 spiro atoms. The highest BCUT2D eigenvalue weighted by Gasteiger charge is 2.64. The molecule has 3 heterocycles. The minimum absolute atomic E-state index is 0.124. The SMILES string of the molecule is CCCCOC(=O)c1ccc(N2C(=O)[C@@H]3[C@H](C2=O)[C@H]2C=Cc4ccccc4N2[C@@H]3C(=O)Nc2ccc([N+](=O)[O-])cc2)cc1. The molecule has 2 saturated heterocycles. The smallest absolute Gasteiger partial charge is 0.338 e. The Hall–Kier alpha value is -5.32. The Balaban J connectivity index is 1.32. The maximum atomic E-state index is 14.0. The lowest BCUT2D eigenvalue weighted by Crippen LogP contribution is -2.50. The number of carbonyl (C=O) groups excluding carboxylic acids is 4. The Kier molecular flexibility index (Phi) is 7.22. The molecule has 0 aliphatic carbocycles. The fourth-order valence-corrected chi connectivity index (χ4v) is 6.09. The summed E-state index contributed by atoms with van der Waals surface area (Å²) in [6, 6.07) is 17.4. The van der Waals surface area contributed by atoms with Crippen LogP contribution in [0.5, 0.6) is 0 Å². The Morgan fingerprint density at radius 3 is 2.35 bits per heavy atom. The third-order valence-corrected chi connectivity index (χ3v) is 8.12. The van der Waals surface area contributed by atoms with Crippen LogP contribution < -0.4 is 15.1 Å². The van der Waals surface area contributed by atoms with Gasteiger partial charge in [0.2, 0.25) is 17.7 Å². The molecule has 0 unspecified atom stereocenters. The predicted molar refractivity (Wildman–Crippen MR) is 158 cm³/mol. The fraction of sp³-hybridized carbons (Fsp3) is 0.250. The van der Waals surface area contributed by atoms with E-state index in [9.17, 15) is 29.3 Å². The maximum absolute atomic E-state index is 14.0. The second-order valence-electron chi connectivity index (χ2n) is 10.7. The number of rotatable bonds is 8. The Morgan fingerprint density at radius 2 is 1.65 bits per heavy atom. The van der Waals surface area contributed by atoms with Crippen LogP contribution in [0, 0.1) is 22.0 Å². The summed E-state index contributed by atoms with van der Waals surface area (Å²) in [6.07, 6.45) is 5.38. The molecule has 11 nitrogen and oxygen atoms in total. The summed E-state index contributed by atoms with van der Waals surface area (Å²) in [6.45, 7) is 2.30. The highest BCUT2D eigenvalue weighted by molar-refractivity contribution is 6.25. The number of imide groups is 1. The molecular weight excluding hydrogens is 552 g/mol. The summed E-state index contributed by atoms with van der Waals surface area (Å²) in [5.74, 6) is -3.77. The summed E-state index contributed by atoms with van der Waals surface area (Å²) >= 11 is 0. The number of esters is 1. The molecule has 4 atom stereocenters. The van der Waals surface area contributed by atoms with E-state index >= 15 is 0 Å². The van der Waals surface area contributed by atoms with E-state index in [2.05, 4.69) is 5.32 Å². The molecule has 3 amide bonds. The molecule has 0 radical (unpaired) electrons. The maximum Gasteiger partial charge on any atom is 0.338 e. The quantitative estimate of drug-likeness (QED) is 0.134. The molecule has 0 aromatic heterocycles. The Bertz CT molecular complexity index is 1650. The van der Waals surface area contributed by atoms with Crippen LogP contribution in [0.1, 0.15) is 35.7 Å². The number of anilines is 3. The largest absolute Gasteiger partial charge is 0.462 e. The van der Waals surface area contributed by atoms with Gasteiger partial charge in [0.15, 0.2) is 0 Å². The number of amides is 3. The number of ether oxygens (including phenoxy) is 1. The number of para-hydroxylation sites is 1. The van der Waals surface area contributed by atoms with Crippen LogP contribution in [-0.2, 0) is 19.1 Å². The van der Waals surface area contributed by atoms with Gasteiger partial charge in [-0.1, -0.05) is 43.7 Å². The number of hydrogen-bond acceptors (Lipinski definition) is 8. The van der Waals surface area contributed by atoms with Crippen molar-refractivity contribution in [2.75, 3.05) is 21.7 Å². The molecular formula is C32H28N4O7. The number of nitro groups is 1. The van der Waals surface area contributed by atoms with Crippen LogP contribution in [0.25, 0.3) is 6.08 Å². The number of non-ortho nitro benzene ring substituents is 1. The monoisotopic (exact) mass is 580 g/mol. The first-order valence-electron chi connectivity index (χ1n) is 14.1. The molecule has 1 N–H and O–H groups in total. The number of fused-ring (bicyclic) bond motifs is 5. The molecule has 11 heteroatoms. The van der Waals surface area contributed by atoms with Gasteiger partial charge in [-0.2, -0.15) is 0 Å². The zero-order valence-corrected chi connectivity index (χ0v) is 23.2. The first-order valence-corrected chi connectivity index (χ1v) is 14.1. The van der Waals surface area contributed by atoms with E-state index < -0.39 is 52.5 Å². The summed E-state index contributed by atoms with van der Waals surface area (Å²) in [5.41, 5.74) is 2.39. The van der Waals surface area contributed by atoms with Gasteiger partial charge in [0.25, 0.3) is 5.69 Å². The van der Waals surface area contributed by atoms with Crippen molar-refractivity contribution < 1.29 is 28.8 Å². The van der Waals surface area contributed by atoms with Gasteiger partial charge in [-0.3, -0.25) is 24.5 Å². The second-order valence-corrected chi connectivity index (χ2v) is 10.7. The average molecular weight is 581 g/mol. The molecule has 2 fully saturated rings. The summed E-state index contributed by atoms with van der Waals surface area (Å²) in [4.78, 5) is 67.7. The normalized spacial score (nSPS) is 21.7. The molecule has 3 aromatic rings. The fourth-order valence-electron chi connectivity index (χ4n) is 6.09. The van der Waals surface area contributed by atoms with Crippen LogP contribution in [0.4, 0.5) is 22.7 Å². The van der Waals surface area contributed by atoms with Crippen molar-refractivity contribution >= 4 is 52.5 Å². The minimum atomic E-state index is -1.04. The zero-order valence-electron chi connectivity index (χ0n) is 23.2. The molecule has 6 rings (SSSR count). The van der Waals surface area contributed by atoms with Crippen LogP contribution in [-0.4, -0.2) is 47.3 Å². The highest BCUT2D eigenvalue weighted by atomic mass is 16.6. The van der Waals surface area contributed by atoms with Crippen molar-refractivity contribution in [2.24, 2.45) is 11.8 Å².